The summed E-state index contributed by atoms with van der Waals surface area (Å²) >= 11 is 3.51. The van der Waals surface area contributed by atoms with E-state index < -0.39 is 0 Å². The van der Waals surface area contributed by atoms with Crippen molar-refractivity contribution in [3.63, 3.8) is 0 Å². The maximum Gasteiger partial charge on any atom is 0.191 e. The summed E-state index contributed by atoms with van der Waals surface area (Å²) in [5.41, 5.74) is 1.43. The predicted octanol–water partition coefficient (Wildman–Crippen LogP) is 4.10. The molecule has 26 heavy (non-hydrogen) atoms. The third kappa shape index (κ3) is 5.35. The molecule has 2 saturated carbocycles. The SMILES string of the molecule is CCN=C(NC1CCN(C2CC2)CC1)NC1CC1c1ccc(Br)cc1.I. The Morgan fingerprint density at radius 2 is 1.81 bits per heavy atom. The Labute approximate surface area is 182 Å². The highest BCUT2D eigenvalue weighted by Gasteiger charge is 2.39. The Balaban J connectivity index is 0.00000196. The average molecular weight is 533 g/mol. The zero-order valence-electron chi connectivity index (χ0n) is 15.5. The van der Waals surface area contributed by atoms with Crippen molar-refractivity contribution in [3.8, 4) is 0 Å². The number of benzene rings is 1. The van der Waals surface area contributed by atoms with Gasteiger partial charge < -0.3 is 15.5 Å². The fraction of sp³-hybridized carbons (Fsp3) is 0.650. The quantitative estimate of drug-likeness (QED) is 0.340. The molecule has 3 aliphatic rings. The molecular formula is C20H30BrIN4. The lowest BCUT2D eigenvalue weighted by molar-refractivity contribution is 0.197. The first-order valence-corrected chi connectivity index (χ1v) is 10.6. The molecule has 0 radical (unpaired) electrons. The van der Waals surface area contributed by atoms with E-state index in [0.717, 1.165) is 23.0 Å². The lowest BCUT2D eigenvalue weighted by atomic mass is 10.1. The van der Waals surface area contributed by atoms with Crippen molar-refractivity contribution < 1.29 is 0 Å². The highest BCUT2D eigenvalue weighted by Crippen LogP contribution is 2.41. The van der Waals surface area contributed by atoms with Crippen LogP contribution in [0.1, 0.15) is 50.5 Å². The Kier molecular flexibility index (Phi) is 7.25. The van der Waals surface area contributed by atoms with E-state index in [4.69, 9.17) is 0 Å². The number of hydrogen-bond donors (Lipinski definition) is 2. The molecule has 2 aliphatic carbocycles. The van der Waals surface area contributed by atoms with Crippen molar-refractivity contribution in [1.29, 1.82) is 0 Å². The van der Waals surface area contributed by atoms with Gasteiger partial charge in [-0.1, -0.05) is 28.1 Å². The van der Waals surface area contributed by atoms with Gasteiger partial charge in [-0.3, -0.25) is 4.99 Å². The van der Waals surface area contributed by atoms with Crippen LogP contribution < -0.4 is 10.6 Å². The molecule has 4 nitrogen and oxygen atoms in total. The predicted molar refractivity (Wildman–Crippen MR) is 123 cm³/mol. The van der Waals surface area contributed by atoms with Gasteiger partial charge in [0.05, 0.1) is 0 Å². The number of piperidine rings is 1. The van der Waals surface area contributed by atoms with E-state index >= 15 is 0 Å². The van der Waals surface area contributed by atoms with Crippen LogP contribution in [0.15, 0.2) is 33.7 Å². The largest absolute Gasteiger partial charge is 0.354 e. The van der Waals surface area contributed by atoms with Crippen LogP contribution in [0.2, 0.25) is 0 Å². The van der Waals surface area contributed by atoms with E-state index in [-0.39, 0.29) is 24.0 Å². The Bertz CT molecular complexity index is 609. The molecule has 4 rings (SSSR count). The second-order valence-electron chi connectivity index (χ2n) is 7.65. The van der Waals surface area contributed by atoms with Crippen LogP contribution in [0.5, 0.6) is 0 Å². The summed E-state index contributed by atoms with van der Waals surface area (Å²) in [5.74, 6) is 1.63. The molecule has 1 aromatic carbocycles. The molecule has 3 fully saturated rings. The fourth-order valence-electron chi connectivity index (χ4n) is 3.94. The van der Waals surface area contributed by atoms with Crippen molar-refractivity contribution in [2.24, 2.45) is 4.99 Å². The minimum absolute atomic E-state index is 0. The van der Waals surface area contributed by atoms with Crippen molar-refractivity contribution >= 4 is 45.9 Å². The third-order valence-electron chi connectivity index (χ3n) is 5.66. The standard InChI is InChI=1S/C20H29BrN4.HI/c1-2-22-20(23-16-9-11-25(12-10-16)17-7-8-17)24-19-13-18(19)14-3-5-15(21)6-4-14;/h3-6,16-19H,2,7-13H2,1H3,(H2,22,23,24);1H. The van der Waals surface area contributed by atoms with Gasteiger partial charge >= 0.3 is 0 Å². The zero-order valence-corrected chi connectivity index (χ0v) is 19.4. The van der Waals surface area contributed by atoms with Gasteiger partial charge in [-0.15, -0.1) is 24.0 Å². The Morgan fingerprint density at radius 3 is 2.42 bits per heavy atom. The highest BCUT2D eigenvalue weighted by molar-refractivity contribution is 14.0. The van der Waals surface area contributed by atoms with Crippen molar-refractivity contribution in [2.45, 2.75) is 63.1 Å². The maximum atomic E-state index is 4.68. The molecule has 0 amide bonds. The summed E-state index contributed by atoms with van der Waals surface area (Å²) < 4.78 is 1.15. The highest BCUT2D eigenvalue weighted by atomic mass is 127. The molecule has 2 atom stereocenters. The molecule has 1 aliphatic heterocycles. The summed E-state index contributed by atoms with van der Waals surface area (Å²) in [6.45, 7) is 5.42. The van der Waals surface area contributed by atoms with Crippen molar-refractivity contribution in [3.05, 3.63) is 34.3 Å². The van der Waals surface area contributed by atoms with Gasteiger partial charge in [-0.25, -0.2) is 0 Å². The molecular weight excluding hydrogens is 503 g/mol. The molecule has 1 saturated heterocycles. The Hall–Kier alpha value is -0.340. The van der Waals surface area contributed by atoms with Gasteiger partial charge in [0.1, 0.15) is 0 Å². The van der Waals surface area contributed by atoms with Crippen LogP contribution in [-0.4, -0.2) is 48.6 Å². The lowest BCUT2D eigenvalue weighted by Crippen LogP contribution is -2.49. The van der Waals surface area contributed by atoms with E-state index in [1.807, 2.05) is 0 Å². The number of aliphatic imine (C=N–C) groups is 1. The number of halogens is 2. The van der Waals surface area contributed by atoms with Gasteiger partial charge in [-0.05, 0) is 56.7 Å². The van der Waals surface area contributed by atoms with E-state index in [2.05, 4.69) is 67.6 Å². The number of nitrogens with zero attached hydrogens (tertiary/aromatic N) is 2. The summed E-state index contributed by atoms with van der Waals surface area (Å²) in [6.07, 6.45) is 6.51. The number of guanidine groups is 1. The van der Waals surface area contributed by atoms with Crippen molar-refractivity contribution in [1.82, 2.24) is 15.5 Å². The van der Waals surface area contributed by atoms with Gasteiger partial charge in [0, 0.05) is 48.2 Å². The molecule has 2 N–H and O–H groups in total. The first kappa shape index (κ1) is 20.4. The molecule has 0 spiro atoms. The summed E-state index contributed by atoms with van der Waals surface area (Å²) in [5, 5.41) is 7.36. The second kappa shape index (κ2) is 9.24. The first-order chi connectivity index (χ1) is 12.2. The van der Waals surface area contributed by atoms with Gasteiger partial charge in [0.2, 0.25) is 0 Å². The van der Waals surface area contributed by atoms with Crippen LogP contribution >= 0.6 is 39.9 Å². The van der Waals surface area contributed by atoms with Crippen LogP contribution in [0, 0.1) is 0 Å². The summed E-state index contributed by atoms with van der Waals surface area (Å²) in [6, 6.07) is 10.7. The lowest BCUT2D eigenvalue weighted by Gasteiger charge is -2.33. The molecule has 2 unspecified atom stereocenters. The van der Waals surface area contributed by atoms with E-state index in [1.54, 1.807) is 0 Å². The van der Waals surface area contributed by atoms with Crippen LogP contribution in [0.4, 0.5) is 0 Å². The zero-order chi connectivity index (χ0) is 17.2. The smallest absolute Gasteiger partial charge is 0.191 e. The molecule has 1 aromatic rings. The van der Waals surface area contributed by atoms with Crippen LogP contribution in [-0.2, 0) is 0 Å². The molecule has 6 heteroatoms. The molecule has 0 aromatic heterocycles. The number of rotatable bonds is 5. The van der Waals surface area contributed by atoms with E-state index in [1.165, 1.54) is 50.8 Å². The topological polar surface area (TPSA) is 39.7 Å². The summed E-state index contributed by atoms with van der Waals surface area (Å²) in [4.78, 5) is 7.35. The van der Waals surface area contributed by atoms with Crippen LogP contribution in [0.25, 0.3) is 0 Å². The normalized spacial score (nSPS) is 26.9. The maximum absolute atomic E-state index is 4.68. The number of likely N-dealkylation sites (tertiary alicyclic amines) is 1. The minimum atomic E-state index is 0. The third-order valence-corrected chi connectivity index (χ3v) is 6.19. The molecule has 0 bridgehead atoms. The minimum Gasteiger partial charge on any atom is -0.354 e. The van der Waals surface area contributed by atoms with E-state index in [9.17, 15) is 0 Å². The Morgan fingerprint density at radius 1 is 1.12 bits per heavy atom. The fourth-order valence-corrected chi connectivity index (χ4v) is 4.21. The monoisotopic (exact) mass is 532 g/mol. The molecule has 1 heterocycles. The molecule has 144 valence electrons. The first-order valence-electron chi connectivity index (χ1n) is 9.80. The number of hydrogen-bond acceptors (Lipinski definition) is 2. The van der Waals surface area contributed by atoms with E-state index in [0.29, 0.717) is 18.0 Å². The van der Waals surface area contributed by atoms with Gasteiger partial charge in [0.25, 0.3) is 0 Å². The van der Waals surface area contributed by atoms with Crippen LogP contribution in [0.3, 0.4) is 0 Å². The van der Waals surface area contributed by atoms with Gasteiger partial charge in [0.15, 0.2) is 5.96 Å². The van der Waals surface area contributed by atoms with Gasteiger partial charge in [-0.2, -0.15) is 0 Å². The van der Waals surface area contributed by atoms with Crippen molar-refractivity contribution in [2.75, 3.05) is 19.6 Å². The average Bonchev–Trinajstić information content (AvgIpc) is 3.52. The second-order valence-corrected chi connectivity index (χ2v) is 8.57. The number of nitrogens with one attached hydrogen (secondary N) is 2. The summed E-state index contributed by atoms with van der Waals surface area (Å²) in [7, 11) is 0.